The van der Waals surface area contributed by atoms with Crippen molar-refractivity contribution in [3.8, 4) is 0 Å². The maximum absolute atomic E-state index is 11.3. The molecule has 0 bridgehead atoms. The van der Waals surface area contributed by atoms with Crippen molar-refractivity contribution in [3.05, 3.63) is 34.6 Å². The molecule has 1 heterocycles. The van der Waals surface area contributed by atoms with Gasteiger partial charge in [0.25, 0.3) is 9.05 Å². The molecule has 0 spiro atoms. The lowest BCUT2D eigenvalue weighted by atomic mass is 10.2. The van der Waals surface area contributed by atoms with Crippen molar-refractivity contribution in [1.29, 1.82) is 0 Å². The van der Waals surface area contributed by atoms with E-state index in [1.54, 1.807) is 12.1 Å². The minimum absolute atomic E-state index is 0.0160. The minimum atomic E-state index is -3.86. The number of rotatable bonds is 1. The van der Waals surface area contributed by atoms with E-state index in [0.717, 1.165) is 0 Å². The average molecular weight is 297 g/mol. The lowest BCUT2D eigenvalue weighted by Gasteiger charge is -2.05. The fourth-order valence-electron chi connectivity index (χ4n) is 1.40. The second-order valence-corrected chi connectivity index (χ2v) is 6.31. The van der Waals surface area contributed by atoms with Gasteiger partial charge in [0.1, 0.15) is 10.3 Å². The summed E-state index contributed by atoms with van der Waals surface area (Å²) >= 11 is 11.6. The van der Waals surface area contributed by atoms with Crippen molar-refractivity contribution < 1.29 is 8.42 Å². The Hall–Kier alpha value is -0.550. The Morgan fingerprint density at radius 1 is 1.19 bits per heavy atom. The van der Waals surface area contributed by atoms with E-state index >= 15 is 0 Å². The van der Waals surface area contributed by atoms with Crippen LogP contribution in [-0.2, 0) is 9.05 Å². The van der Waals surface area contributed by atoms with E-state index in [1.165, 1.54) is 12.1 Å². The fraction of sp³-hybridized carbons (Fsp3) is 0. The predicted molar refractivity (Wildman–Crippen MR) is 64.8 cm³/mol. The molecule has 0 N–H and O–H groups in total. The first kappa shape index (κ1) is 11.9. The van der Waals surface area contributed by atoms with Gasteiger partial charge >= 0.3 is 0 Å². The number of aromatic nitrogens is 1. The van der Waals surface area contributed by atoms with E-state index < -0.39 is 9.05 Å². The van der Waals surface area contributed by atoms with Gasteiger partial charge in [-0.3, -0.25) is 0 Å². The van der Waals surface area contributed by atoms with Crippen LogP contribution in [0, 0.1) is 0 Å². The molecule has 0 amide bonds. The van der Waals surface area contributed by atoms with Crippen LogP contribution in [0.3, 0.4) is 0 Å². The summed E-state index contributed by atoms with van der Waals surface area (Å²) in [7, 11) is 1.44. The normalized spacial score (nSPS) is 11.9. The quantitative estimate of drug-likeness (QED) is 0.598. The van der Waals surface area contributed by atoms with Gasteiger partial charge in [0.2, 0.25) is 0 Å². The molecule has 0 aliphatic rings. The van der Waals surface area contributed by atoms with Crippen molar-refractivity contribution in [1.82, 2.24) is 4.98 Å². The second kappa shape index (κ2) is 4.04. The van der Waals surface area contributed by atoms with Gasteiger partial charge in [0.15, 0.2) is 0 Å². The molecule has 1 aromatic heterocycles. The number of halogens is 3. The second-order valence-electron chi connectivity index (χ2n) is 3.03. The number of benzene rings is 1. The summed E-state index contributed by atoms with van der Waals surface area (Å²) < 4.78 is 22.7. The van der Waals surface area contributed by atoms with E-state index in [0.29, 0.717) is 5.39 Å². The molecule has 0 aliphatic carbocycles. The number of fused-ring (bicyclic) bond motifs is 1. The van der Waals surface area contributed by atoms with Gasteiger partial charge in [-0.25, -0.2) is 13.4 Å². The lowest BCUT2D eigenvalue weighted by molar-refractivity contribution is 0.610. The summed E-state index contributed by atoms with van der Waals surface area (Å²) in [5.41, 5.74) is 0. The van der Waals surface area contributed by atoms with Gasteiger partial charge in [-0.2, -0.15) is 0 Å². The summed E-state index contributed by atoms with van der Waals surface area (Å²) in [6.45, 7) is 0. The first-order chi connectivity index (χ1) is 7.39. The highest BCUT2D eigenvalue weighted by molar-refractivity contribution is 8.14. The van der Waals surface area contributed by atoms with Gasteiger partial charge in [-0.15, -0.1) is 0 Å². The molecule has 0 fully saturated rings. The molecule has 3 nitrogen and oxygen atoms in total. The molecule has 1 aromatic carbocycles. The molecule has 7 heteroatoms. The number of hydrogen-bond acceptors (Lipinski definition) is 3. The highest BCUT2D eigenvalue weighted by Crippen LogP contribution is 2.31. The monoisotopic (exact) mass is 295 g/mol. The molecule has 2 aromatic rings. The van der Waals surface area contributed by atoms with Crippen molar-refractivity contribution in [2.45, 2.75) is 4.90 Å². The molecule has 2 rings (SSSR count). The largest absolute Gasteiger partial charge is 0.262 e. The van der Waals surface area contributed by atoms with Crippen LogP contribution in [0.15, 0.2) is 29.2 Å². The third kappa shape index (κ3) is 2.11. The Bertz CT molecular complexity index is 670. The molecule has 0 saturated carbocycles. The lowest BCUT2D eigenvalue weighted by Crippen LogP contribution is -1.94. The van der Waals surface area contributed by atoms with E-state index in [9.17, 15) is 8.42 Å². The topological polar surface area (TPSA) is 47.0 Å². The Balaban J connectivity index is 2.99. The maximum Gasteiger partial charge on any atom is 0.262 e. The van der Waals surface area contributed by atoms with E-state index in [-0.39, 0.29) is 20.6 Å². The van der Waals surface area contributed by atoms with E-state index in [4.69, 9.17) is 33.9 Å². The summed E-state index contributed by atoms with van der Waals surface area (Å²) in [5, 5.41) is 1.07. The van der Waals surface area contributed by atoms with Crippen molar-refractivity contribution in [3.63, 3.8) is 0 Å². The number of hydrogen-bond donors (Lipinski definition) is 0. The molecule has 0 unspecified atom stereocenters. The van der Waals surface area contributed by atoms with E-state index in [2.05, 4.69) is 4.98 Å². The summed E-state index contributed by atoms with van der Waals surface area (Å²) in [6.07, 6.45) is 0. The molecule has 16 heavy (non-hydrogen) atoms. The van der Waals surface area contributed by atoms with Crippen LogP contribution in [0.1, 0.15) is 0 Å². The Labute approximate surface area is 106 Å². The Morgan fingerprint density at radius 3 is 2.50 bits per heavy atom. The van der Waals surface area contributed by atoms with Gasteiger partial charge in [-0.05, 0) is 17.5 Å². The van der Waals surface area contributed by atoms with Crippen LogP contribution in [0.5, 0.6) is 0 Å². The van der Waals surface area contributed by atoms with Crippen LogP contribution in [-0.4, -0.2) is 13.4 Å². The molecular formula is C9H4Cl3NO2S. The summed E-state index contributed by atoms with van der Waals surface area (Å²) in [6, 6.07) is 6.13. The highest BCUT2D eigenvalue weighted by atomic mass is 35.7. The van der Waals surface area contributed by atoms with Gasteiger partial charge in [0.05, 0.1) is 4.90 Å². The highest BCUT2D eigenvalue weighted by Gasteiger charge is 2.17. The third-order valence-corrected chi connectivity index (χ3v) is 3.84. The van der Waals surface area contributed by atoms with E-state index in [1.807, 2.05) is 0 Å². The Kier molecular flexibility index (Phi) is 3.01. The first-order valence-electron chi connectivity index (χ1n) is 4.09. The van der Waals surface area contributed by atoms with Crippen LogP contribution in [0.4, 0.5) is 0 Å². The smallest absolute Gasteiger partial charge is 0.224 e. The first-order valence-corrected chi connectivity index (χ1v) is 7.15. The third-order valence-electron chi connectivity index (χ3n) is 2.01. The minimum Gasteiger partial charge on any atom is -0.224 e. The molecule has 84 valence electrons. The predicted octanol–water partition coefficient (Wildman–Crippen LogP) is 3.47. The van der Waals surface area contributed by atoms with Crippen LogP contribution < -0.4 is 0 Å². The average Bonchev–Trinajstić information content (AvgIpc) is 2.14. The zero-order valence-electron chi connectivity index (χ0n) is 7.62. The molecule has 0 radical (unpaired) electrons. The number of pyridine rings is 1. The number of nitrogens with zero attached hydrogens (tertiary/aromatic N) is 1. The van der Waals surface area contributed by atoms with Crippen LogP contribution >= 0.6 is 33.9 Å². The van der Waals surface area contributed by atoms with Crippen molar-refractivity contribution >= 4 is 53.7 Å². The molecule has 0 atom stereocenters. The zero-order chi connectivity index (χ0) is 11.9. The van der Waals surface area contributed by atoms with Gasteiger partial charge in [0, 0.05) is 16.1 Å². The summed E-state index contributed by atoms with van der Waals surface area (Å²) in [4.78, 5) is 3.72. The van der Waals surface area contributed by atoms with Gasteiger partial charge < -0.3 is 0 Å². The van der Waals surface area contributed by atoms with Crippen LogP contribution in [0.25, 0.3) is 10.8 Å². The van der Waals surface area contributed by atoms with Crippen LogP contribution in [0.2, 0.25) is 10.3 Å². The van der Waals surface area contributed by atoms with Crippen molar-refractivity contribution in [2.24, 2.45) is 0 Å². The zero-order valence-corrected chi connectivity index (χ0v) is 10.7. The Morgan fingerprint density at radius 2 is 1.88 bits per heavy atom. The summed E-state index contributed by atoms with van der Waals surface area (Å²) in [5.74, 6) is 0. The standard InChI is InChI=1S/C9H4Cl3NO2S/c10-7-4-5-2-1-3-6(16(12,14)15)8(5)9(11)13-7/h1-4H. The van der Waals surface area contributed by atoms with Crippen molar-refractivity contribution in [2.75, 3.05) is 0 Å². The molecule has 0 aliphatic heterocycles. The maximum atomic E-state index is 11.3. The SMILES string of the molecule is O=S(=O)(Cl)c1cccc2cc(Cl)nc(Cl)c12. The fourth-order valence-corrected chi connectivity index (χ4v) is 3.09. The van der Waals surface area contributed by atoms with Gasteiger partial charge in [-0.1, -0.05) is 35.3 Å². The molecule has 0 saturated heterocycles. The molecular weight excluding hydrogens is 293 g/mol.